The summed E-state index contributed by atoms with van der Waals surface area (Å²) in [4.78, 5) is 24.2. The molecule has 1 aromatic rings. The molecule has 2 unspecified atom stereocenters. The highest BCUT2D eigenvalue weighted by atomic mass is 16.5. The maximum Gasteiger partial charge on any atom is 0.342 e. The van der Waals surface area contributed by atoms with Crippen LogP contribution in [0.25, 0.3) is 0 Å². The predicted octanol–water partition coefficient (Wildman–Crippen LogP) is 3.01. The Hall–Kier alpha value is -2.18. The molecule has 26 heavy (non-hydrogen) atoms. The minimum Gasteiger partial charge on any atom is -0.452 e. The van der Waals surface area contributed by atoms with E-state index in [1.54, 1.807) is 0 Å². The first-order valence-corrected chi connectivity index (χ1v) is 9.23. The molecule has 0 aromatic carbocycles. The number of H-pyrrole nitrogens is 1. The zero-order valence-electron chi connectivity index (χ0n) is 16.2. The largest absolute Gasteiger partial charge is 0.452 e. The first kappa shape index (κ1) is 18.6. The molecule has 2 aliphatic carbocycles. The summed E-state index contributed by atoms with van der Waals surface area (Å²) < 4.78 is 5.10. The Kier molecular flexibility index (Phi) is 4.67. The van der Waals surface area contributed by atoms with Crippen LogP contribution in [-0.4, -0.2) is 34.4 Å². The maximum absolute atomic E-state index is 12.1. The van der Waals surface area contributed by atoms with Gasteiger partial charge in [0.2, 0.25) is 0 Å². The summed E-state index contributed by atoms with van der Waals surface area (Å²) >= 11 is 0. The first-order valence-electron chi connectivity index (χ1n) is 9.23. The lowest BCUT2D eigenvalue weighted by Crippen LogP contribution is -2.35. The molecule has 2 atom stereocenters. The quantitative estimate of drug-likeness (QED) is 0.623. The lowest BCUT2D eigenvalue weighted by atomic mass is 9.70. The number of nitrogens with zero attached hydrogens (tertiary/aromatic N) is 2. The van der Waals surface area contributed by atoms with Gasteiger partial charge >= 0.3 is 5.97 Å². The monoisotopic (exact) mass is 360 g/mol. The number of esters is 1. The molecule has 2 fully saturated rings. The molecular weight excluding hydrogens is 332 g/mol. The second-order valence-electron chi connectivity index (χ2n) is 8.52. The van der Waals surface area contributed by atoms with Crippen LogP contribution in [0.15, 0.2) is 11.3 Å². The molecule has 1 amide bonds. The molecule has 7 heteroatoms. The summed E-state index contributed by atoms with van der Waals surface area (Å²) in [5.74, 6) is -0.249. The van der Waals surface area contributed by atoms with E-state index in [1.165, 1.54) is 12.6 Å². The molecule has 2 N–H and O–H groups in total. The van der Waals surface area contributed by atoms with Gasteiger partial charge in [0.1, 0.15) is 5.56 Å². The Morgan fingerprint density at radius 3 is 2.73 bits per heavy atom. The number of rotatable bonds is 5. The average molecular weight is 360 g/mol. The lowest BCUT2D eigenvalue weighted by molar-refractivity contribution is -0.124. The SMILES string of the molecule is CC(C)c1[nH]ncc1C(=O)OCC(=O)N/N=C1\CC2CCC1(C)C2(C)C. The van der Waals surface area contributed by atoms with Crippen LogP contribution < -0.4 is 5.43 Å². The van der Waals surface area contributed by atoms with E-state index in [0.717, 1.165) is 18.6 Å². The molecule has 3 rings (SSSR count). The van der Waals surface area contributed by atoms with Gasteiger partial charge in [-0.3, -0.25) is 9.89 Å². The van der Waals surface area contributed by atoms with E-state index >= 15 is 0 Å². The van der Waals surface area contributed by atoms with E-state index in [9.17, 15) is 9.59 Å². The number of aromatic amines is 1. The molecule has 2 saturated carbocycles. The van der Waals surface area contributed by atoms with Crippen molar-refractivity contribution in [1.29, 1.82) is 0 Å². The van der Waals surface area contributed by atoms with Crippen molar-refractivity contribution >= 4 is 17.6 Å². The van der Waals surface area contributed by atoms with E-state index in [0.29, 0.717) is 17.2 Å². The number of carbonyl (C=O) groups is 2. The van der Waals surface area contributed by atoms with Crippen molar-refractivity contribution in [2.75, 3.05) is 6.61 Å². The number of fused-ring (bicyclic) bond motifs is 2. The summed E-state index contributed by atoms with van der Waals surface area (Å²) in [7, 11) is 0. The molecular formula is C19H28N4O3. The third-order valence-corrected chi connectivity index (χ3v) is 6.63. The van der Waals surface area contributed by atoms with E-state index in [-0.39, 0.29) is 23.4 Å². The van der Waals surface area contributed by atoms with E-state index in [4.69, 9.17) is 4.74 Å². The van der Waals surface area contributed by atoms with Crippen LogP contribution in [0.1, 0.15) is 75.9 Å². The van der Waals surface area contributed by atoms with Gasteiger partial charge in [-0.25, -0.2) is 10.2 Å². The highest BCUT2D eigenvalue weighted by Crippen LogP contribution is 2.63. The van der Waals surface area contributed by atoms with Crippen LogP contribution in [0.4, 0.5) is 0 Å². The molecule has 0 saturated heterocycles. The number of hydrogen-bond acceptors (Lipinski definition) is 5. The predicted molar refractivity (Wildman–Crippen MR) is 97.8 cm³/mol. The second-order valence-corrected chi connectivity index (χ2v) is 8.52. The molecule has 2 aliphatic rings. The Morgan fingerprint density at radius 2 is 2.15 bits per heavy atom. The number of aromatic nitrogens is 2. The van der Waals surface area contributed by atoms with Gasteiger partial charge < -0.3 is 4.74 Å². The van der Waals surface area contributed by atoms with Crippen molar-refractivity contribution in [3.05, 3.63) is 17.5 Å². The van der Waals surface area contributed by atoms with Crippen LogP contribution in [0, 0.1) is 16.7 Å². The molecule has 0 aliphatic heterocycles. The third kappa shape index (κ3) is 2.93. The minimum atomic E-state index is -0.557. The normalized spacial score (nSPS) is 27.9. The first-order chi connectivity index (χ1) is 12.2. The number of amides is 1. The van der Waals surface area contributed by atoms with Crippen molar-refractivity contribution in [3.8, 4) is 0 Å². The number of hydrogen-bond donors (Lipinski definition) is 2. The van der Waals surface area contributed by atoms with Crippen LogP contribution in [0.5, 0.6) is 0 Å². The molecule has 142 valence electrons. The third-order valence-electron chi connectivity index (χ3n) is 6.63. The molecule has 1 heterocycles. The van der Waals surface area contributed by atoms with Gasteiger partial charge in [-0.05, 0) is 36.5 Å². The van der Waals surface area contributed by atoms with Crippen LogP contribution >= 0.6 is 0 Å². The van der Waals surface area contributed by atoms with Gasteiger partial charge in [0, 0.05) is 11.1 Å². The molecule has 7 nitrogen and oxygen atoms in total. The molecule has 1 aromatic heterocycles. The van der Waals surface area contributed by atoms with Crippen LogP contribution in [0.2, 0.25) is 0 Å². The number of ether oxygens (including phenoxy) is 1. The maximum atomic E-state index is 12.1. The summed E-state index contributed by atoms with van der Waals surface area (Å²) in [5.41, 5.74) is 4.91. The summed E-state index contributed by atoms with van der Waals surface area (Å²) in [5, 5.41) is 11.0. The van der Waals surface area contributed by atoms with Gasteiger partial charge in [0.05, 0.1) is 11.9 Å². The Balaban J connectivity index is 1.56. The highest BCUT2D eigenvalue weighted by Gasteiger charge is 2.60. The van der Waals surface area contributed by atoms with Gasteiger partial charge in [-0.1, -0.05) is 34.6 Å². The topological polar surface area (TPSA) is 96.4 Å². The number of hydrazone groups is 1. The highest BCUT2D eigenvalue weighted by molar-refractivity contribution is 5.95. The summed E-state index contributed by atoms with van der Waals surface area (Å²) in [6.45, 7) is 10.3. The second kappa shape index (κ2) is 6.52. The van der Waals surface area contributed by atoms with Gasteiger partial charge in [-0.15, -0.1) is 0 Å². The van der Waals surface area contributed by atoms with Crippen molar-refractivity contribution in [2.45, 2.75) is 59.8 Å². The van der Waals surface area contributed by atoms with Crippen LogP contribution in [0.3, 0.4) is 0 Å². The summed E-state index contributed by atoms with van der Waals surface area (Å²) in [6, 6.07) is 0. The van der Waals surface area contributed by atoms with Crippen LogP contribution in [-0.2, 0) is 9.53 Å². The van der Waals surface area contributed by atoms with Gasteiger partial charge in [0.25, 0.3) is 5.91 Å². The zero-order chi connectivity index (χ0) is 19.1. The van der Waals surface area contributed by atoms with E-state index < -0.39 is 11.9 Å². The summed E-state index contributed by atoms with van der Waals surface area (Å²) in [6.07, 6.45) is 4.67. The average Bonchev–Trinajstić information content (AvgIpc) is 3.20. The van der Waals surface area contributed by atoms with E-state index in [2.05, 4.69) is 41.5 Å². The van der Waals surface area contributed by atoms with E-state index in [1.807, 2.05) is 13.8 Å². The Morgan fingerprint density at radius 1 is 1.42 bits per heavy atom. The van der Waals surface area contributed by atoms with Gasteiger partial charge in [-0.2, -0.15) is 10.2 Å². The van der Waals surface area contributed by atoms with Crippen molar-refractivity contribution in [3.63, 3.8) is 0 Å². The fourth-order valence-corrected chi connectivity index (χ4v) is 4.37. The molecule has 2 bridgehead atoms. The van der Waals surface area contributed by atoms with Crippen molar-refractivity contribution < 1.29 is 14.3 Å². The Bertz CT molecular complexity index is 750. The Labute approximate surface area is 154 Å². The van der Waals surface area contributed by atoms with Crippen molar-refractivity contribution in [1.82, 2.24) is 15.6 Å². The number of carbonyl (C=O) groups excluding carboxylic acids is 2. The molecule has 0 spiro atoms. The lowest BCUT2D eigenvalue weighted by Gasteiger charge is -2.34. The minimum absolute atomic E-state index is 0.0323. The standard InChI is InChI=1S/C19H28N4O3/c1-11(2)16-13(9-20-23-16)17(25)26-10-15(24)22-21-14-8-12-6-7-19(14,5)18(12,3)4/h9,11-12H,6-8,10H2,1-5H3,(H,20,23)(H,22,24)/b21-14+. The fraction of sp³-hybridized carbons (Fsp3) is 0.684. The number of nitrogens with one attached hydrogen (secondary N) is 2. The van der Waals surface area contributed by atoms with Gasteiger partial charge in [0.15, 0.2) is 6.61 Å². The van der Waals surface area contributed by atoms with Crippen molar-refractivity contribution in [2.24, 2.45) is 21.8 Å². The zero-order valence-corrected chi connectivity index (χ0v) is 16.2. The molecule has 0 radical (unpaired) electrons. The fourth-order valence-electron chi connectivity index (χ4n) is 4.37. The smallest absolute Gasteiger partial charge is 0.342 e.